The Kier molecular flexibility index (Phi) is 8.56. The zero-order valence-electron chi connectivity index (χ0n) is 28.7. The van der Waals surface area contributed by atoms with Gasteiger partial charge in [-0.2, -0.15) is 0 Å². The lowest BCUT2D eigenvalue weighted by Crippen LogP contribution is -2.34. The first kappa shape index (κ1) is 31.3. The first-order chi connectivity index (χ1) is 20.2. The molecule has 0 N–H and O–H groups in total. The van der Waals surface area contributed by atoms with Gasteiger partial charge in [-0.1, -0.05) is 127 Å². The first-order valence-corrected chi connectivity index (χ1v) is 16.6. The maximum Gasteiger partial charge on any atom is 0.000174 e. The zero-order valence-corrected chi connectivity index (χ0v) is 28.7. The van der Waals surface area contributed by atoms with Crippen molar-refractivity contribution in [2.75, 3.05) is 0 Å². The van der Waals surface area contributed by atoms with Crippen molar-refractivity contribution in [3.8, 4) is 11.1 Å². The summed E-state index contributed by atoms with van der Waals surface area (Å²) in [5.41, 5.74) is 19.5. The van der Waals surface area contributed by atoms with Crippen LogP contribution in [0.25, 0.3) is 28.3 Å². The van der Waals surface area contributed by atoms with Crippen molar-refractivity contribution in [1.29, 1.82) is 0 Å². The minimum Gasteiger partial charge on any atom is -0.0998 e. The van der Waals surface area contributed by atoms with E-state index < -0.39 is 0 Å². The van der Waals surface area contributed by atoms with Crippen molar-refractivity contribution in [1.82, 2.24) is 0 Å². The van der Waals surface area contributed by atoms with Gasteiger partial charge in [0.15, 0.2) is 0 Å². The molecule has 0 amide bonds. The highest BCUT2D eigenvalue weighted by atomic mass is 14.5. The van der Waals surface area contributed by atoms with Gasteiger partial charge < -0.3 is 0 Å². The molecule has 0 aromatic heterocycles. The predicted molar refractivity (Wildman–Crippen MR) is 191 cm³/mol. The number of aryl methyl sites for hydroxylation is 2. The van der Waals surface area contributed by atoms with E-state index in [4.69, 9.17) is 0 Å². The van der Waals surface area contributed by atoms with E-state index in [0.717, 1.165) is 18.8 Å². The summed E-state index contributed by atoms with van der Waals surface area (Å²) in [6.07, 6.45) is 10.9. The van der Waals surface area contributed by atoms with Crippen LogP contribution in [0.15, 0.2) is 66.8 Å². The molecule has 0 nitrogen and oxygen atoms in total. The van der Waals surface area contributed by atoms with Gasteiger partial charge in [0, 0.05) is 5.92 Å². The van der Waals surface area contributed by atoms with E-state index in [1.807, 2.05) is 0 Å². The Bertz CT molecular complexity index is 1580. The van der Waals surface area contributed by atoms with Crippen molar-refractivity contribution < 1.29 is 0 Å². The Hall–Kier alpha value is -3.12. The van der Waals surface area contributed by atoms with Crippen molar-refractivity contribution in [3.05, 3.63) is 111 Å². The molecule has 0 aliphatic heterocycles. The van der Waals surface area contributed by atoms with Gasteiger partial charge in [0.25, 0.3) is 0 Å². The molecule has 3 aromatic rings. The van der Waals surface area contributed by atoms with Gasteiger partial charge in [-0.3, -0.25) is 0 Å². The Morgan fingerprint density at radius 2 is 1.58 bits per heavy atom. The van der Waals surface area contributed by atoms with Crippen LogP contribution in [0.1, 0.15) is 125 Å². The average Bonchev–Trinajstić information content (AvgIpc) is 3.47. The fourth-order valence-corrected chi connectivity index (χ4v) is 7.31. The van der Waals surface area contributed by atoms with Gasteiger partial charge in [0.2, 0.25) is 0 Å². The normalized spacial score (nSPS) is 22.1. The molecule has 1 unspecified atom stereocenters. The van der Waals surface area contributed by atoms with E-state index in [9.17, 15) is 0 Å². The fourth-order valence-electron chi connectivity index (χ4n) is 7.31. The lowest BCUT2D eigenvalue weighted by Gasteiger charge is -2.46. The molecule has 0 heterocycles. The Morgan fingerprint density at radius 1 is 0.953 bits per heavy atom. The smallest absolute Gasteiger partial charge is 0.000174 e. The van der Waals surface area contributed by atoms with Gasteiger partial charge >= 0.3 is 0 Å². The molecule has 3 aliphatic rings. The maximum absolute atomic E-state index is 4.26. The molecule has 43 heavy (non-hydrogen) atoms. The average molecular weight is 571 g/mol. The second-order valence-corrected chi connectivity index (χ2v) is 15.9. The molecule has 0 saturated heterocycles. The monoisotopic (exact) mass is 570 g/mol. The molecule has 0 heteroatoms. The number of fused-ring (bicyclic) bond motifs is 2. The number of hydrogen-bond acceptors (Lipinski definition) is 0. The maximum atomic E-state index is 4.26. The highest BCUT2D eigenvalue weighted by molar-refractivity contribution is 5.94. The third-order valence-corrected chi connectivity index (χ3v) is 9.74. The standard InChI is InChI=1S/C38H42.C5H12/c1-8-38(7)21-31(22-38)34-17-26(6)32-14-13-28(19-36(32)34)29-18-30-16-25(5)33(15-23(2)3)37(35(30)20-29)27-11-9-24(4)10-12-27;1-5(2,3)4/h9-14,16-19,26,31H,2,8,15,20-22H2,1,3-7H3;1-4H3. The summed E-state index contributed by atoms with van der Waals surface area (Å²) >= 11 is 0. The summed E-state index contributed by atoms with van der Waals surface area (Å²) in [4.78, 5) is 0. The first-order valence-electron chi connectivity index (χ1n) is 16.6. The van der Waals surface area contributed by atoms with Crippen molar-refractivity contribution >= 4 is 17.2 Å². The highest BCUT2D eigenvalue weighted by Gasteiger charge is 2.42. The van der Waals surface area contributed by atoms with Gasteiger partial charge in [-0.15, -0.1) is 0 Å². The molecule has 1 atom stereocenters. The third kappa shape index (κ3) is 6.69. The van der Waals surface area contributed by atoms with Gasteiger partial charge in [0.05, 0.1) is 0 Å². The molecular weight excluding hydrogens is 516 g/mol. The number of rotatable bonds is 6. The molecule has 1 fully saturated rings. The number of allylic oxidation sites excluding steroid dienone is 4. The highest BCUT2D eigenvalue weighted by Crippen LogP contribution is 2.56. The Labute approximate surface area is 263 Å². The van der Waals surface area contributed by atoms with Gasteiger partial charge in [-0.05, 0) is 130 Å². The summed E-state index contributed by atoms with van der Waals surface area (Å²) in [6.45, 7) is 26.8. The van der Waals surface area contributed by atoms with E-state index in [2.05, 4.69) is 136 Å². The minimum atomic E-state index is 0.500. The summed E-state index contributed by atoms with van der Waals surface area (Å²) < 4.78 is 0. The van der Waals surface area contributed by atoms with E-state index >= 15 is 0 Å². The predicted octanol–water partition coefficient (Wildman–Crippen LogP) is 12.6. The lowest BCUT2D eigenvalue weighted by atomic mass is 9.59. The van der Waals surface area contributed by atoms with Gasteiger partial charge in [-0.25, -0.2) is 0 Å². The van der Waals surface area contributed by atoms with Crippen molar-refractivity contribution in [2.45, 2.75) is 107 Å². The largest absolute Gasteiger partial charge is 0.0998 e. The second-order valence-electron chi connectivity index (χ2n) is 15.9. The topological polar surface area (TPSA) is 0 Å². The summed E-state index contributed by atoms with van der Waals surface area (Å²) in [5.74, 6) is 1.26. The van der Waals surface area contributed by atoms with Crippen LogP contribution in [0, 0.1) is 30.6 Å². The van der Waals surface area contributed by atoms with Crippen LogP contribution in [0.3, 0.4) is 0 Å². The molecular formula is C43H54. The van der Waals surface area contributed by atoms with Crippen LogP contribution < -0.4 is 0 Å². The molecule has 226 valence electrons. The Balaban J connectivity index is 0.000000682. The summed E-state index contributed by atoms with van der Waals surface area (Å²) in [6, 6.07) is 18.8. The van der Waals surface area contributed by atoms with Crippen LogP contribution in [0.4, 0.5) is 0 Å². The lowest BCUT2D eigenvalue weighted by molar-refractivity contribution is 0.108. The molecule has 3 aliphatic carbocycles. The third-order valence-electron chi connectivity index (χ3n) is 9.74. The minimum absolute atomic E-state index is 0.500. The quantitative estimate of drug-likeness (QED) is 0.259. The molecule has 0 radical (unpaired) electrons. The van der Waals surface area contributed by atoms with E-state index in [-0.39, 0.29) is 0 Å². The van der Waals surface area contributed by atoms with Crippen molar-refractivity contribution in [2.24, 2.45) is 16.7 Å². The summed E-state index contributed by atoms with van der Waals surface area (Å²) in [7, 11) is 0. The van der Waals surface area contributed by atoms with E-state index in [0.29, 0.717) is 16.7 Å². The van der Waals surface area contributed by atoms with Crippen molar-refractivity contribution in [3.63, 3.8) is 0 Å². The van der Waals surface area contributed by atoms with Crippen LogP contribution in [-0.4, -0.2) is 0 Å². The zero-order chi connectivity index (χ0) is 31.3. The Morgan fingerprint density at radius 3 is 2.19 bits per heavy atom. The fraction of sp³-hybridized carbons (Fsp3) is 0.442. The van der Waals surface area contributed by atoms with Crippen LogP contribution in [0.5, 0.6) is 0 Å². The molecule has 1 saturated carbocycles. The van der Waals surface area contributed by atoms with Crippen LogP contribution in [0.2, 0.25) is 0 Å². The molecule has 3 aromatic carbocycles. The SMILES string of the molecule is C=C(C)Cc1c(C)cc2c(c1-c1ccc(C)cc1)CC(c1ccc3c(c1)C(C1CC(C)(CC)C1)=CC3C)=C2.CC(C)(C)C. The van der Waals surface area contributed by atoms with Gasteiger partial charge in [0.1, 0.15) is 0 Å². The number of benzene rings is 3. The molecule has 0 bridgehead atoms. The van der Waals surface area contributed by atoms with E-state index in [1.54, 1.807) is 5.57 Å². The molecule has 0 spiro atoms. The summed E-state index contributed by atoms with van der Waals surface area (Å²) in [5, 5.41) is 0. The second kappa shape index (κ2) is 11.8. The van der Waals surface area contributed by atoms with Crippen LogP contribution in [-0.2, 0) is 12.8 Å². The molecule has 6 rings (SSSR count). The van der Waals surface area contributed by atoms with E-state index in [1.165, 1.54) is 86.0 Å². The number of hydrogen-bond donors (Lipinski definition) is 0. The van der Waals surface area contributed by atoms with Crippen LogP contribution >= 0.6 is 0 Å².